The Morgan fingerprint density at radius 3 is 2.45 bits per heavy atom. The topological polar surface area (TPSA) is 0 Å². The van der Waals surface area contributed by atoms with Gasteiger partial charge in [0.15, 0.2) is 0 Å². The molecule has 1 aliphatic carbocycles. The fourth-order valence-electron chi connectivity index (χ4n) is 3.80. The van der Waals surface area contributed by atoms with Gasteiger partial charge in [-0.2, -0.15) is 0 Å². The van der Waals surface area contributed by atoms with Gasteiger partial charge in [0.05, 0.1) is 0 Å². The van der Waals surface area contributed by atoms with Gasteiger partial charge in [-0.25, -0.2) is 0 Å². The third-order valence-corrected chi connectivity index (χ3v) is 5.04. The molecule has 0 bridgehead atoms. The molecule has 0 N–H and O–H groups in total. The Hall–Kier alpha value is -1.82. The first-order valence-electron chi connectivity index (χ1n) is 8.59. The highest BCUT2D eigenvalue weighted by atomic mass is 14.2. The van der Waals surface area contributed by atoms with Crippen molar-refractivity contribution in [1.82, 2.24) is 0 Å². The van der Waals surface area contributed by atoms with Gasteiger partial charge in [-0.3, -0.25) is 0 Å². The maximum absolute atomic E-state index is 4.43. The second kappa shape index (κ2) is 6.96. The Morgan fingerprint density at radius 2 is 1.73 bits per heavy atom. The molecule has 0 spiro atoms. The van der Waals surface area contributed by atoms with Crippen LogP contribution in [0.2, 0.25) is 0 Å². The lowest BCUT2D eigenvalue weighted by Crippen LogP contribution is -1.97. The molecule has 2 aromatic rings. The average molecular weight is 290 g/mol. The van der Waals surface area contributed by atoms with Gasteiger partial charge < -0.3 is 0 Å². The van der Waals surface area contributed by atoms with Crippen molar-refractivity contribution in [3.05, 3.63) is 66.2 Å². The maximum Gasteiger partial charge on any atom is -0.0106 e. The standard InChI is InChI=1S/C22H26/c1-17-9-8-14-21(20-12-4-3-5-13-20)22(17)18(2)15-16-19-10-6-7-11-19/h3-5,8-9,12-14,19H,2,6-7,10-11,15-16H2,1H3. The van der Waals surface area contributed by atoms with E-state index in [1.54, 1.807) is 0 Å². The molecule has 0 aromatic heterocycles. The number of allylic oxidation sites excluding steroid dienone is 1. The van der Waals surface area contributed by atoms with E-state index in [0.717, 1.165) is 12.3 Å². The van der Waals surface area contributed by atoms with Gasteiger partial charge in [0, 0.05) is 0 Å². The van der Waals surface area contributed by atoms with E-state index in [2.05, 4.69) is 62.0 Å². The molecule has 1 aliphatic rings. The summed E-state index contributed by atoms with van der Waals surface area (Å²) in [6.45, 7) is 6.64. The minimum absolute atomic E-state index is 0.931. The number of aryl methyl sites for hydroxylation is 1. The van der Waals surface area contributed by atoms with Crippen LogP contribution in [-0.4, -0.2) is 0 Å². The third kappa shape index (κ3) is 3.32. The van der Waals surface area contributed by atoms with Gasteiger partial charge in [-0.1, -0.05) is 80.8 Å². The van der Waals surface area contributed by atoms with Gasteiger partial charge in [0.1, 0.15) is 0 Å². The first-order valence-corrected chi connectivity index (χ1v) is 8.59. The number of rotatable bonds is 5. The van der Waals surface area contributed by atoms with Crippen molar-refractivity contribution in [3.63, 3.8) is 0 Å². The summed E-state index contributed by atoms with van der Waals surface area (Å²) >= 11 is 0. The first-order chi connectivity index (χ1) is 10.8. The van der Waals surface area contributed by atoms with Gasteiger partial charge in [0.25, 0.3) is 0 Å². The fourth-order valence-corrected chi connectivity index (χ4v) is 3.80. The van der Waals surface area contributed by atoms with E-state index >= 15 is 0 Å². The Balaban J connectivity index is 1.84. The zero-order valence-electron chi connectivity index (χ0n) is 13.6. The van der Waals surface area contributed by atoms with E-state index in [9.17, 15) is 0 Å². The molecule has 0 radical (unpaired) electrons. The predicted octanol–water partition coefficient (Wildman–Crippen LogP) is 6.65. The van der Waals surface area contributed by atoms with E-state index < -0.39 is 0 Å². The number of hydrogen-bond donors (Lipinski definition) is 0. The van der Waals surface area contributed by atoms with E-state index in [4.69, 9.17) is 0 Å². The Kier molecular flexibility index (Phi) is 4.77. The Labute approximate surface area is 134 Å². The largest absolute Gasteiger partial charge is 0.0952 e. The highest BCUT2D eigenvalue weighted by molar-refractivity contribution is 5.82. The molecule has 0 saturated heterocycles. The van der Waals surface area contributed by atoms with Gasteiger partial charge >= 0.3 is 0 Å². The third-order valence-electron chi connectivity index (χ3n) is 5.04. The summed E-state index contributed by atoms with van der Waals surface area (Å²) in [4.78, 5) is 0. The molecular formula is C22H26. The van der Waals surface area contributed by atoms with E-state index in [1.807, 2.05) is 0 Å². The van der Waals surface area contributed by atoms with Crippen molar-refractivity contribution in [2.24, 2.45) is 5.92 Å². The van der Waals surface area contributed by atoms with Gasteiger partial charge in [-0.05, 0) is 53.5 Å². The van der Waals surface area contributed by atoms with E-state index in [1.165, 1.54) is 59.9 Å². The van der Waals surface area contributed by atoms with Gasteiger partial charge in [-0.15, -0.1) is 0 Å². The predicted molar refractivity (Wildman–Crippen MR) is 96.8 cm³/mol. The first kappa shape index (κ1) is 15.1. The summed E-state index contributed by atoms with van der Waals surface area (Å²) in [7, 11) is 0. The highest BCUT2D eigenvalue weighted by Crippen LogP contribution is 2.36. The summed E-state index contributed by atoms with van der Waals surface area (Å²) in [6.07, 6.45) is 8.14. The Morgan fingerprint density at radius 1 is 1.00 bits per heavy atom. The van der Waals surface area contributed by atoms with Crippen LogP contribution in [0.15, 0.2) is 55.1 Å². The van der Waals surface area contributed by atoms with Crippen LogP contribution in [0.25, 0.3) is 16.7 Å². The second-order valence-corrected chi connectivity index (χ2v) is 6.66. The van der Waals surface area contributed by atoms with Crippen LogP contribution in [-0.2, 0) is 0 Å². The van der Waals surface area contributed by atoms with Crippen LogP contribution in [0.4, 0.5) is 0 Å². The quantitative estimate of drug-likeness (QED) is 0.578. The molecule has 0 amide bonds. The molecule has 0 atom stereocenters. The van der Waals surface area contributed by atoms with Crippen molar-refractivity contribution >= 4 is 5.57 Å². The molecular weight excluding hydrogens is 264 g/mol. The highest BCUT2D eigenvalue weighted by Gasteiger charge is 2.17. The molecule has 2 aromatic carbocycles. The number of benzene rings is 2. The molecule has 114 valence electrons. The van der Waals surface area contributed by atoms with Crippen LogP contribution in [0, 0.1) is 12.8 Å². The van der Waals surface area contributed by atoms with Crippen LogP contribution in [0.3, 0.4) is 0 Å². The molecule has 3 rings (SSSR count). The lowest BCUT2D eigenvalue weighted by atomic mass is 9.88. The average Bonchev–Trinajstić information content (AvgIpc) is 3.06. The van der Waals surface area contributed by atoms with E-state index in [-0.39, 0.29) is 0 Å². The molecule has 0 heterocycles. The molecule has 0 unspecified atom stereocenters. The SMILES string of the molecule is C=C(CCC1CCCC1)c1c(C)cccc1-c1ccccc1. The number of hydrogen-bond acceptors (Lipinski definition) is 0. The summed E-state index contributed by atoms with van der Waals surface area (Å²) in [5, 5.41) is 0. The van der Waals surface area contributed by atoms with Crippen molar-refractivity contribution in [1.29, 1.82) is 0 Å². The minimum atomic E-state index is 0.931. The van der Waals surface area contributed by atoms with Crippen molar-refractivity contribution < 1.29 is 0 Å². The van der Waals surface area contributed by atoms with Crippen LogP contribution >= 0.6 is 0 Å². The summed E-state index contributed by atoms with van der Waals surface area (Å²) in [5.41, 5.74) is 6.65. The van der Waals surface area contributed by atoms with E-state index in [0.29, 0.717) is 0 Å². The summed E-state index contributed by atoms with van der Waals surface area (Å²) in [6, 6.07) is 17.3. The molecule has 1 saturated carbocycles. The van der Waals surface area contributed by atoms with Gasteiger partial charge in [0.2, 0.25) is 0 Å². The Bertz CT molecular complexity index is 630. The normalized spacial score (nSPS) is 15.1. The molecule has 0 nitrogen and oxygen atoms in total. The molecule has 1 fully saturated rings. The van der Waals surface area contributed by atoms with Crippen molar-refractivity contribution in [2.75, 3.05) is 0 Å². The maximum atomic E-state index is 4.43. The van der Waals surface area contributed by atoms with Crippen LogP contribution < -0.4 is 0 Å². The molecule has 22 heavy (non-hydrogen) atoms. The lowest BCUT2D eigenvalue weighted by Gasteiger charge is -2.17. The lowest BCUT2D eigenvalue weighted by molar-refractivity contribution is 0.512. The fraction of sp³-hybridized carbons (Fsp3) is 0.364. The molecule has 0 heteroatoms. The second-order valence-electron chi connectivity index (χ2n) is 6.66. The van der Waals surface area contributed by atoms with Crippen molar-refractivity contribution in [2.45, 2.75) is 45.4 Å². The van der Waals surface area contributed by atoms with Crippen LogP contribution in [0.5, 0.6) is 0 Å². The summed E-state index contributed by atoms with van der Waals surface area (Å²) < 4.78 is 0. The smallest absolute Gasteiger partial charge is 0.0106 e. The minimum Gasteiger partial charge on any atom is -0.0952 e. The zero-order chi connectivity index (χ0) is 15.4. The molecule has 0 aliphatic heterocycles. The van der Waals surface area contributed by atoms with Crippen molar-refractivity contribution in [3.8, 4) is 11.1 Å². The zero-order valence-corrected chi connectivity index (χ0v) is 13.6. The van der Waals surface area contributed by atoms with Crippen LogP contribution in [0.1, 0.15) is 49.7 Å². The monoisotopic (exact) mass is 290 g/mol. The summed E-state index contributed by atoms with van der Waals surface area (Å²) in [5.74, 6) is 0.931.